The number of carbonyl (C=O) groups excluding carboxylic acids is 3. The number of amides is 4. The van der Waals surface area contributed by atoms with Crippen molar-refractivity contribution >= 4 is 28.7 Å². The van der Waals surface area contributed by atoms with Crippen LogP contribution in [0.4, 0.5) is 4.79 Å². The zero-order valence-corrected chi connectivity index (χ0v) is 16.0. The van der Waals surface area contributed by atoms with Crippen molar-refractivity contribution in [2.75, 3.05) is 14.1 Å². The lowest BCUT2D eigenvalue weighted by molar-refractivity contribution is -0.148. The summed E-state index contributed by atoms with van der Waals surface area (Å²) in [7, 11) is 2.84. The summed E-state index contributed by atoms with van der Waals surface area (Å²) in [5.74, 6) is -2.47. The van der Waals surface area contributed by atoms with Crippen LogP contribution in [-0.4, -0.2) is 46.7 Å². The van der Waals surface area contributed by atoms with Crippen LogP contribution in [0.1, 0.15) is 22.6 Å². The standard InChI is InChI=1S/C22H21N3O3/c1-13-9-10-17-15(11-13)16(12-23-17)18(14-7-5-4-6-8-14)19-20(26)24(2)22(28)25(3)21(19)27/h4-12,18-19,23H,1-3H3. The molecule has 0 bridgehead atoms. The first-order chi connectivity index (χ1) is 13.4. The Balaban J connectivity index is 1.94. The maximum Gasteiger partial charge on any atom is 0.332 e. The molecule has 1 aliphatic rings. The third kappa shape index (κ3) is 2.69. The summed E-state index contributed by atoms with van der Waals surface area (Å²) in [5.41, 5.74) is 3.75. The number of aromatic nitrogens is 1. The minimum absolute atomic E-state index is 0.482. The lowest BCUT2D eigenvalue weighted by Crippen LogP contribution is -2.58. The first-order valence-electron chi connectivity index (χ1n) is 9.12. The van der Waals surface area contributed by atoms with E-state index in [9.17, 15) is 14.4 Å². The Hall–Kier alpha value is -3.41. The van der Waals surface area contributed by atoms with E-state index in [1.165, 1.54) is 14.1 Å². The average molecular weight is 375 g/mol. The fourth-order valence-electron chi connectivity index (χ4n) is 3.95. The van der Waals surface area contributed by atoms with Gasteiger partial charge in [0.15, 0.2) is 0 Å². The zero-order chi connectivity index (χ0) is 20.0. The van der Waals surface area contributed by atoms with Crippen molar-refractivity contribution in [3.05, 3.63) is 71.4 Å². The van der Waals surface area contributed by atoms with Crippen molar-refractivity contribution < 1.29 is 14.4 Å². The van der Waals surface area contributed by atoms with Crippen LogP contribution in [-0.2, 0) is 9.59 Å². The molecule has 0 radical (unpaired) electrons. The Kier molecular flexibility index (Phi) is 4.26. The summed E-state index contributed by atoms with van der Waals surface area (Å²) in [4.78, 5) is 43.6. The Morgan fingerprint density at radius 2 is 1.57 bits per heavy atom. The van der Waals surface area contributed by atoms with E-state index in [4.69, 9.17) is 0 Å². The molecule has 1 unspecified atom stereocenters. The number of fused-ring (bicyclic) bond motifs is 1. The van der Waals surface area contributed by atoms with Gasteiger partial charge in [0, 0.05) is 37.1 Å². The highest BCUT2D eigenvalue weighted by Gasteiger charge is 2.47. The molecule has 4 amide bonds. The molecule has 2 aromatic carbocycles. The maximum atomic E-state index is 13.1. The second kappa shape index (κ2) is 6.64. The third-order valence-corrected chi connectivity index (χ3v) is 5.46. The number of rotatable bonds is 3. The number of imide groups is 2. The molecule has 28 heavy (non-hydrogen) atoms. The van der Waals surface area contributed by atoms with Crippen LogP contribution in [0.2, 0.25) is 0 Å². The van der Waals surface area contributed by atoms with Gasteiger partial charge in [0.2, 0.25) is 11.8 Å². The minimum atomic E-state index is -1.00. The number of hydrogen-bond acceptors (Lipinski definition) is 3. The average Bonchev–Trinajstić information content (AvgIpc) is 3.11. The number of H-pyrrole nitrogens is 1. The van der Waals surface area contributed by atoms with Gasteiger partial charge in [-0.2, -0.15) is 0 Å². The normalized spacial score (nSPS) is 16.9. The van der Waals surface area contributed by atoms with Gasteiger partial charge in [-0.3, -0.25) is 19.4 Å². The monoisotopic (exact) mass is 375 g/mol. The quantitative estimate of drug-likeness (QED) is 0.714. The molecule has 1 saturated heterocycles. The first kappa shape index (κ1) is 18.0. The van der Waals surface area contributed by atoms with Gasteiger partial charge in [0.25, 0.3) is 0 Å². The number of aryl methyl sites for hydroxylation is 1. The Bertz CT molecular complexity index is 1060. The van der Waals surface area contributed by atoms with Crippen molar-refractivity contribution in [1.82, 2.24) is 14.8 Å². The number of barbiturate groups is 1. The second-order valence-corrected chi connectivity index (χ2v) is 7.24. The van der Waals surface area contributed by atoms with E-state index in [0.29, 0.717) is 0 Å². The van der Waals surface area contributed by atoms with Crippen molar-refractivity contribution in [3.63, 3.8) is 0 Å². The summed E-state index contributed by atoms with van der Waals surface area (Å²) in [6.07, 6.45) is 1.86. The lowest BCUT2D eigenvalue weighted by atomic mass is 9.78. The molecule has 1 atom stereocenters. The molecule has 1 N–H and O–H groups in total. The molecule has 142 valence electrons. The van der Waals surface area contributed by atoms with Crippen LogP contribution in [0, 0.1) is 12.8 Å². The van der Waals surface area contributed by atoms with Gasteiger partial charge < -0.3 is 4.98 Å². The van der Waals surface area contributed by atoms with Crippen LogP contribution in [0.5, 0.6) is 0 Å². The maximum absolute atomic E-state index is 13.1. The highest BCUT2D eigenvalue weighted by atomic mass is 16.2. The fourth-order valence-corrected chi connectivity index (χ4v) is 3.95. The van der Waals surface area contributed by atoms with Gasteiger partial charge in [-0.25, -0.2) is 4.79 Å². The summed E-state index contributed by atoms with van der Waals surface area (Å²) in [6, 6.07) is 14.9. The molecular formula is C22H21N3O3. The lowest BCUT2D eigenvalue weighted by Gasteiger charge is -2.36. The van der Waals surface area contributed by atoms with Crippen LogP contribution in [0.3, 0.4) is 0 Å². The van der Waals surface area contributed by atoms with Crippen LogP contribution in [0.25, 0.3) is 10.9 Å². The highest BCUT2D eigenvalue weighted by molar-refractivity contribution is 6.16. The van der Waals surface area contributed by atoms with E-state index in [-0.39, 0.29) is 0 Å². The van der Waals surface area contributed by atoms with E-state index in [0.717, 1.165) is 37.4 Å². The van der Waals surface area contributed by atoms with E-state index >= 15 is 0 Å². The van der Waals surface area contributed by atoms with Crippen LogP contribution >= 0.6 is 0 Å². The number of benzene rings is 2. The Morgan fingerprint density at radius 3 is 2.21 bits per heavy atom. The van der Waals surface area contributed by atoms with Crippen LogP contribution in [0.15, 0.2) is 54.7 Å². The number of nitrogens with one attached hydrogen (secondary N) is 1. The molecule has 0 saturated carbocycles. The van der Waals surface area contributed by atoms with Gasteiger partial charge in [-0.05, 0) is 30.2 Å². The van der Waals surface area contributed by atoms with E-state index in [1.54, 1.807) is 0 Å². The highest BCUT2D eigenvalue weighted by Crippen LogP contribution is 2.39. The predicted octanol–water partition coefficient (Wildman–Crippen LogP) is 3.27. The van der Waals surface area contributed by atoms with Crippen molar-refractivity contribution in [2.24, 2.45) is 5.92 Å². The molecule has 2 heterocycles. The zero-order valence-electron chi connectivity index (χ0n) is 16.0. The van der Waals surface area contributed by atoms with Crippen molar-refractivity contribution in [2.45, 2.75) is 12.8 Å². The molecule has 1 fully saturated rings. The first-order valence-corrected chi connectivity index (χ1v) is 9.12. The van der Waals surface area contributed by atoms with E-state index in [1.807, 2.05) is 61.7 Å². The van der Waals surface area contributed by atoms with Crippen molar-refractivity contribution in [1.29, 1.82) is 0 Å². The van der Waals surface area contributed by atoms with E-state index in [2.05, 4.69) is 4.98 Å². The molecule has 3 aromatic rings. The van der Waals surface area contributed by atoms with Gasteiger partial charge >= 0.3 is 6.03 Å². The SMILES string of the molecule is Cc1ccc2[nH]cc(C(c3ccccc3)C3C(=O)N(C)C(=O)N(C)C3=O)c2c1. The molecule has 1 aromatic heterocycles. The molecule has 1 aliphatic heterocycles. The van der Waals surface area contributed by atoms with Gasteiger partial charge in [-0.1, -0.05) is 42.0 Å². The molecule has 6 heteroatoms. The van der Waals surface area contributed by atoms with Gasteiger partial charge in [0.05, 0.1) is 0 Å². The Morgan fingerprint density at radius 1 is 0.929 bits per heavy atom. The van der Waals surface area contributed by atoms with Crippen molar-refractivity contribution in [3.8, 4) is 0 Å². The van der Waals surface area contributed by atoms with E-state index < -0.39 is 29.7 Å². The Labute approximate surface area is 162 Å². The fraction of sp³-hybridized carbons (Fsp3) is 0.227. The number of urea groups is 1. The summed E-state index contributed by atoms with van der Waals surface area (Å²) in [5, 5.41) is 0.969. The van der Waals surface area contributed by atoms with Gasteiger partial charge in [-0.15, -0.1) is 0 Å². The molecule has 0 aliphatic carbocycles. The summed E-state index contributed by atoms with van der Waals surface area (Å²) in [6.45, 7) is 2.00. The predicted molar refractivity (Wildman–Crippen MR) is 106 cm³/mol. The largest absolute Gasteiger partial charge is 0.361 e. The molecule has 0 spiro atoms. The summed E-state index contributed by atoms with van der Waals surface area (Å²) < 4.78 is 0. The minimum Gasteiger partial charge on any atom is -0.361 e. The number of carbonyl (C=O) groups is 3. The smallest absolute Gasteiger partial charge is 0.332 e. The molecule has 4 rings (SSSR count). The summed E-state index contributed by atoms with van der Waals surface area (Å²) >= 11 is 0. The number of nitrogens with zero attached hydrogens (tertiary/aromatic N) is 2. The topological polar surface area (TPSA) is 73.5 Å². The molecular weight excluding hydrogens is 354 g/mol. The number of aromatic amines is 1. The van der Waals surface area contributed by atoms with Gasteiger partial charge in [0.1, 0.15) is 5.92 Å². The number of hydrogen-bond donors (Lipinski definition) is 1. The third-order valence-electron chi connectivity index (χ3n) is 5.46. The molecule has 6 nitrogen and oxygen atoms in total. The second-order valence-electron chi connectivity index (χ2n) is 7.24. The van der Waals surface area contributed by atoms with Crippen LogP contribution < -0.4 is 0 Å².